The van der Waals surface area contributed by atoms with Gasteiger partial charge in [0.15, 0.2) is 11.5 Å². The number of aliphatic hydroxyl groups excluding tert-OH is 1. The number of nitrogens with zero attached hydrogens (tertiary/aromatic N) is 1. The van der Waals surface area contributed by atoms with Gasteiger partial charge in [0.1, 0.15) is 13.3 Å². The van der Waals surface area contributed by atoms with Crippen LogP contribution in [0.15, 0.2) is 4.52 Å². The molecular formula is C10H15FN2O3. The predicted octanol–water partition coefficient (Wildman–Crippen LogP) is 1.02. The van der Waals surface area contributed by atoms with Crippen molar-refractivity contribution < 1.29 is 18.8 Å². The number of rotatable bonds is 5. The van der Waals surface area contributed by atoms with Crippen molar-refractivity contribution >= 4 is 5.91 Å². The Balaban J connectivity index is 2.78. The summed E-state index contributed by atoms with van der Waals surface area (Å²) in [6, 6.07) is 0. The number of alkyl halides is 1. The van der Waals surface area contributed by atoms with Gasteiger partial charge in [-0.05, 0) is 5.92 Å². The molecule has 0 aliphatic carbocycles. The van der Waals surface area contributed by atoms with E-state index in [4.69, 9.17) is 5.11 Å². The Hall–Kier alpha value is -1.43. The van der Waals surface area contributed by atoms with Crippen LogP contribution in [0.25, 0.3) is 0 Å². The topological polar surface area (TPSA) is 75.4 Å². The third kappa shape index (κ3) is 2.79. The molecule has 2 N–H and O–H groups in total. The summed E-state index contributed by atoms with van der Waals surface area (Å²) in [6.45, 7) is 3.01. The number of nitrogens with one attached hydrogen (secondary N) is 1. The van der Waals surface area contributed by atoms with Crippen LogP contribution >= 0.6 is 0 Å². The minimum atomic E-state index is -0.885. The Morgan fingerprint density at radius 3 is 2.81 bits per heavy atom. The second-order valence-corrected chi connectivity index (χ2v) is 3.83. The first kappa shape index (κ1) is 12.6. The molecule has 16 heavy (non-hydrogen) atoms. The summed E-state index contributed by atoms with van der Waals surface area (Å²) < 4.78 is 17.3. The molecular weight excluding hydrogens is 215 g/mol. The van der Waals surface area contributed by atoms with E-state index in [1.807, 2.05) is 13.8 Å². The maximum absolute atomic E-state index is 12.6. The highest BCUT2D eigenvalue weighted by molar-refractivity contribution is 5.93. The van der Waals surface area contributed by atoms with Gasteiger partial charge in [-0.1, -0.05) is 19.0 Å². The average molecular weight is 230 g/mol. The molecule has 1 amide bonds. The fourth-order valence-electron chi connectivity index (χ4n) is 1.16. The molecule has 0 fully saturated rings. The maximum atomic E-state index is 12.6. The van der Waals surface area contributed by atoms with Crippen molar-refractivity contribution in [1.29, 1.82) is 0 Å². The average Bonchev–Trinajstić information content (AvgIpc) is 2.68. The highest BCUT2D eigenvalue weighted by Gasteiger charge is 2.21. The third-order valence-corrected chi connectivity index (χ3v) is 2.03. The van der Waals surface area contributed by atoms with Crippen LogP contribution in [0.4, 0.5) is 4.39 Å². The van der Waals surface area contributed by atoms with E-state index in [0.29, 0.717) is 12.5 Å². The van der Waals surface area contributed by atoms with Gasteiger partial charge in [0.05, 0.1) is 5.56 Å². The van der Waals surface area contributed by atoms with Crippen LogP contribution in [0.2, 0.25) is 0 Å². The van der Waals surface area contributed by atoms with Crippen molar-refractivity contribution in [2.45, 2.75) is 27.1 Å². The summed E-state index contributed by atoms with van der Waals surface area (Å²) in [7, 11) is 0. The van der Waals surface area contributed by atoms with Gasteiger partial charge in [-0.15, -0.1) is 0 Å². The molecule has 0 aliphatic rings. The smallest absolute Gasteiger partial charge is 0.273 e. The zero-order valence-electron chi connectivity index (χ0n) is 9.29. The first-order valence-electron chi connectivity index (χ1n) is 5.02. The molecule has 5 nitrogen and oxygen atoms in total. The van der Waals surface area contributed by atoms with E-state index in [1.165, 1.54) is 0 Å². The zero-order chi connectivity index (χ0) is 12.1. The Morgan fingerprint density at radius 2 is 2.31 bits per heavy atom. The number of hydrogen-bond donors (Lipinski definition) is 2. The summed E-state index contributed by atoms with van der Waals surface area (Å²) in [5, 5.41) is 14.9. The lowest BCUT2D eigenvalue weighted by Crippen LogP contribution is -2.28. The number of hydrogen-bond acceptors (Lipinski definition) is 4. The van der Waals surface area contributed by atoms with Gasteiger partial charge >= 0.3 is 0 Å². The minimum Gasteiger partial charge on any atom is -0.388 e. The minimum absolute atomic E-state index is 0.00260. The van der Waals surface area contributed by atoms with E-state index in [2.05, 4.69) is 15.0 Å². The fraction of sp³-hybridized carbons (Fsp3) is 0.600. The van der Waals surface area contributed by atoms with Crippen molar-refractivity contribution in [3.8, 4) is 0 Å². The summed E-state index contributed by atoms with van der Waals surface area (Å²) >= 11 is 0. The highest BCUT2D eigenvalue weighted by atomic mass is 19.1. The quantitative estimate of drug-likeness (QED) is 0.792. The van der Waals surface area contributed by atoms with Gasteiger partial charge in [-0.25, -0.2) is 4.39 Å². The summed E-state index contributed by atoms with van der Waals surface area (Å²) in [5.41, 5.74) is -0.0732. The molecule has 1 aromatic heterocycles. The van der Waals surface area contributed by atoms with E-state index < -0.39 is 19.2 Å². The number of carbonyl (C=O) groups is 1. The molecule has 90 valence electrons. The van der Waals surface area contributed by atoms with Crippen molar-refractivity contribution in [2.75, 3.05) is 6.54 Å². The van der Waals surface area contributed by atoms with E-state index in [9.17, 15) is 9.18 Å². The Labute approximate surface area is 92.6 Å². The highest BCUT2D eigenvalue weighted by Crippen LogP contribution is 2.15. The molecule has 0 bridgehead atoms. The first-order chi connectivity index (χ1) is 7.60. The lowest BCUT2D eigenvalue weighted by atomic mass is 10.2. The van der Waals surface area contributed by atoms with E-state index in [1.54, 1.807) is 0 Å². The standard InChI is InChI=1S/C10H15FN2O3/c1-6(2)4-12-10(15)9-7(3-11)8(5-14)16-13-9/h6,14H,3-5H2,1-2H3,(H,12,15). The van der Waals surface area contributed by atoms with Crippen LogP contribution in [0.1, 0.15) is 35.7 Å². The van der Waals surface area contributed by atoms with Gasteiger partial charge in [-0.2, -0.15) is 0 Å². The molecule has 0 saturated heterocycles. The number of halogens is 1. The van der Waals surface area contributed by atoms with Crippen LogP contribution < -0.4 is 5.32 Å². The van der Waals surface area contributed by atoms with Crippen molar-refractivity contribution in [1.82, 2.24) is 10.5 Å². The van der Waals surface area contributed by atoms with Crippen molar-refractivity contribution in [3.05, 3.63) is 17.0 Å². The second kappa shape index (κ2) is 5.60. The number of aliphatic hydroxyl groups is 1. The lowest BCUT2D eigenvalue weighted by Gasteiger charge is -2.05. The van der Waals surface area contributed by atoms with Crippen LogP contribution in [0, 0.1) is 5.92 Å². The number of aromatic nitrogens is 1. The number of amides is 1. The summed E-state index contributed by atoms with van der Waals surface area (Å²) in [6.07, 6.45) is 0. The molecule has 6 heteroatoms. The monoisotopic (exact) mass is 230 g/mol. The van der Waals surface area contributed by atoms with Gasteiger partial charge < -0.3 is 14.9 Å². The molecule has 0 aromatic carbocycles. The second-order valence-electron chi connectivity index (χ2n) is 3.83. The van der Waals surface area contributed by atoms with Crippen molar-refractivity contribution in [2.24, 2.45) is 5.92 Å². The van der Waals surface area contributed by atoms with Gasteiger partial charge in [0.2, 0.25) is 0 Å². The molecule has 1 aromatic rings. The van der Waals surface area contributed by atoms with Crippen LogP contribution in [-0.4, -0.2) is 22.7 Å². The zero-order valence-corrected chi connectivity index (χ0v) is 9.29. The first-order valence-corrected chi connectivity index (χ1v) is 5.02. The Bertz CT molecular complexity index is 363. The predicted molar refractivity (Wildman–Crippen MR) is 54.4 cm³/mol. The van der Waals surface area contributed by atoms with Gasteiger partial charge in [0, 0.05) is 6.54 Å². The van der Waals surface area contributed by atoms with E-state index in [-0.39, 0.29) is 17.0 Å². The normalized spacial score (nSPS) is 10.8. The van der Waals surface area contributed by atoms with Crippen LogP contribution in [-0.2, 0) is 13.3 Å². The van der Waals surface area contributed by atoms with Crippen LogP contribution in [0.5, 0.6) is 0 Å². The van der Waals surface area contributed by atoms with Crippen molar-refractivity contribution in [3.63, 3.8) is 0 Å². The summed E-state index contributed by atoms with van der Waals surface area (Å²) in [5.74, 6) is -0.191. The van der Waals surface area contributed by atoms with E-state index >= 15 is 0 Å². The molecule has 0 saturated carbocycles. The van der Waals surface area contributed by atoms with Gasteiger partial charge in [-0.3, -0.25) is 4.79 Å². The van der Waals surface area contributed by atoms with E-state index in [0.717, 1.165) is 0 Å². The molecule has 0 spiro atoms. The molecule has 1 rings (SSSR count). The molecule has 0 unspecified atom stereocenters. The summed E-state index contributed by atoms with van der Waals surface area (Å²) in [4.78, 5) is 11.6. The molecule has 1 heterocycles. The largest absolute Gasteiger partial charge is 0.388 e. The maximum Gasteiger partial charge on any atom is 0.273 e. The number of carbonyl (C=O) groups excluding carboxylic acids is 1. The van der Waals surface area contributed by atoms with Gasteiger partial charge in [0.25, 0.3) is 5.91 Å². The fourth-order valence-corrected chi connectivity index (χ4v) is 1.16. The lowest BCUT2D eigenvalue weighted by molar-refractivity contribution is 0.0938. The third-order valence-electron chi connectivity index (χ3n) is 2.03. The SMILES string of the molecule is CC(C)CNC(=O)c1noc(CO)c1CF. The molecule has 0 radical (unpaired) electrons. The molecule has 0 aliphatic heterocycles. The molecule has 0 atom stereocenters. The van der Waals surface area contributed by atoms with Crippen LogP contribution in [0.3, 0.4) is 0 Å². The Morgan fingerprint density at radius 1 is 1.62 bits per heavy atom. The Kier molecular flexibility index (Phi) is 4.42.